The molecule has 8 heteroatoms. The number of ether oxygens (including phenoxy) is 1. The minimum absolute atomic E-state index is 0.0143. The van der Waals surface area contributed by atoms with E-state index in [9.17, 15) is 4.79 Å². The summed E-state index contributed by atoms with van der Waals surface area (Å²) in [7, 11) is 1.38. The van der Waals surface area contributed by atoms with Gasteiger partial charge in [0.15, 0.2) is 0 Å². The van der Waals surface area contributed by atoms with Gasteiger partial charge in [-0.15, -0.1) is 0 Å². The molecule has 1 saturated carbocycles. The number of halogens is 1. The molecule has 1 aliphatic rings. The summed E-state index contributed by atoms with van der Waals surface area (Å²) in [5, 5.41) is 32.0. The van der Waals surface area contributed by atoms with Crippen molar-refractivity contribution >= 4 is 23.2 Å². The van der Waals surface area contributed by atoms with Crippen LogP contribution in [0.15, 0.2) is 12.1 Å². The van der Waals surface area contributed by atoms with Crippen LogP contribution in [0.25, 0.3) is 0 Å². The Bertz CT molecular complexity index is 619. The molecule has 1 aromatic rings. The second-order valence-corrected chi connectivity index (χ2v) is 6.69. The molecule has 1 fully saturated rings. The zero-order valence-electron chi connectivity index (χ0n) is 17.8. The molecule has 0 heterocycles. The molecule has 1 aliphatic carbocycles. The molecule has 3 unspecified atom stereocenters. The number of hydrogen-bond acceptors (Lipinski definition) is 6. The monoisotopic (exact) mass is 418 g/mol. The summed E-state index contributed by atoms with van der Waals surface area (Å²) in [5.74, 6) is 0.825. The molecule has 0 spiro atoms. The van der Waals surface area contributed by atoms with E-state index >= 15 is 0 Å². The maximum absolute atomic E-state index is 12.6. The van der Waals surface area contributed by atoms with Crippen molar-refractivity contribution in [2.75, 3.05) is 12.4 Å². The molecule has 0 aromatic heterocycles. The summed E-state index contributed by atoms with van der Waals surface area (Å²) >= 11 is 6.05. The van der Waals surface area contributed by atoms with Crippen LogP contribution in [-0.4, -0.2) is 40.5 Å². The lowest BCUT2D eigenvalue weighted by Crippen LogP contribution is -2.38. The summed E-state index contributed by atoms with van der Waals surface area (Å²) in [4.78, 5) is 12.6. The van der Waals surface area contributed by atoms with E-state index in [4.69, 9.17) is 31.7 Å². The lowest BCUT2D eigenvalue weighted by atomic mass is 9.97. The number of methoxy groups -OCH3 is 1. The Morgan fingerprint density at radius 2 is 1.71 bits per heavy atom. The second-order valence-electron chi connectivity index (χ2n) is 6.29. The first-order valence-corrected chi connectivity index (χ1v) is 10.1. The molecule has 0 saturated heterocycles. The van der Waals surface area contributed by atoms with Crippen molar-refractivity contribution < 1.29 is 24.9 Å². The molecule has 2 rings (SSSR count). The van der Waals surface area contributed by atoms with E-state index in [2.05, 4.69) is 19.2 Å². The van der Waals surface area contributed by atoms with Gasteiger partial charge in [0, 0.05) is 12.1 Å². The van der Waals surface area contributed by atoms with Crippen LogP contribution in [0.1, 0.15) is 64.7 Å². The average molecular weight is 419 g/mol. The molecule has 1 aromatic carbocycles. The average Bonchev–Trinajstić information content (AvgIpc) is 2.97. The predicted octanol–water partition coefficient (Wildman–Crippen LogP) is 3.57. The SMILES string of the molecule is CC.CC.COc1cc(NC(O)(O)O)c(Cl)cc1C(=O)NC1CCC(C)C1C. The Morgan fingerprint density at radius 3 is 2.14 bits per heavy atom. The van der Waals surface area contributed by atoms with Crippen molar-refractivity contribution in [1.29, 1.82) is 0 Å². The third kappa shape index (κ3) is 7.47. The van der Waals surface area contributed by atoms with E-state index in [0.29, 0.717) is 11.8 Å². The summed E-state index contributed by atoms with van der Waals surface area (Å²) in [6.07, 6.45) is -1.14. The van der Waals surface area contributed by atoms with Crippen molar-refractivity contribution in [1.82, 2.24) is 5.32 Å². The van der Waals surface area contributed by atoms with Crippen LogP contribution in [0.4, 0.5) is 5.69 Å². The Labute approximate surface area is 173 Å². The largest absolute Gasteiger partial charge is 0.496 e. The van der Waals surface area contributed by atoms with Crippen LogP contribution in [0, 0.1) is 11.8 Å². The van der Waals surface area contributed by atoms with E-state index < -0.39 is 6.10 Å². The third-order valence-corrected chi connectivity index (χ3v) is 4.93. The second kappa shape index (κ2) is 12.1. The minimum Gasteiger partial charge on any atom is -0.496 e. The Morgan fingerprint density at radius 1 is 1.14 bits per heavy atom. The maximum Gasteiger partial charge on any atom is 0.367 e. The first-order chi connectivity index (χ1) is 13.1. The molecule has 3 atom stereocenters. The maximum atomic E-state index is 12.6. The van der Waals surface area contributed by atoms with Crippen LogP contribution < -0.4 is 15.4 Å². The molecule has 28 heavy (non-hydrogen) atoms. The van der Waals surface area contributed by atoms with Gasteiger partial charge in [-0.1, -0.05) is 53.1 Å². The highest BCUT2D eigenvalue weighted by atomic mass is 35.5. The number of carbonyl (C=O) groups excluding carboxylic acids is 1. The number of amides is 1. The van der Waals surface area contributed by atoms with Gasteiger partial charge in [0.05, 0.1) is 23.4 Å². The normalized spacial score (nSPS) is 20.9. The van der Waals surface area contributed by atoms with Crippen LogP contribution in [0.2, 0.25) is 5.02 Å². The zero-order chi connectivity index (χ0) is 22.1. The predicted molar refractivity (Wildman–Crippen MR) is 113 cm³/mol. The summed E-state index contributed by atoms with van der Waals surface area (Å²) in [6.45, 7) is 12.3. The molecule has 0 radical (unpaired) electrons. The highest BCUT2D eigenvalue weighted by Gasteiger charge is 2.31. The van der Waals surface area contributed by atoms with Crippen LogP contribution >= 0.6 is 11.6 Å². The minimum atomic E-state index is -3.13. The number of aliphatic hydroxyl groups is 3. The molecule has 5 N–H and O–H groups in total. The molecular formula is C20H35ClN2O5. The van der Waals surface area contributed by atoms with Gasteiger partial charge in [0.2, 0.25) is 0 Å². The van der Waals surface area contributed by atoms with Crippen molar-refractivity contribution in [3.63, 3.8) is 0 Å². The van der Waals surface area contributed by atoms with Gasteiger partial charge in [-0.25, -0.2) is 0 Å². The topological polar surface area (TPSA) is 111 Å². The quantitative estimate of drug-likeness (QED) is 0.467. The highest BCUT2D eigenvalue weighted by Crippen LogP contribution is 2.34. The standard InChI is InChI=1S/C16H23ClN2O5.2C2H6/c1-8-4-5-12(9(8)2)18-15(20)10-6-11(17)13(7-14(10)24-3)19-16(21,22)23;2*1-2/h6-9,12,19,21-23H,4-5H2,1-3H3,(H,18,20);2*1-2H3. The highest BCUT2D eigenvalue weighted by molar-refractivity contribution is 6.33. The number of anilines is 1. The number of carbonyl (C=O) groups is 1. The molecular weight excluding hydrogens is 384 g/mol. The molecule has 0 bridgehead atoms. The molecule has 1 amide bonds. The van der Waals surface area contributed by atoms with Crippen LogP contribution in [0.5, 0.6) is 5.75 Å². The smallest absolute Gasteiger partial charge is 0.367 e. The van der Waals surface area contributed by atoms with Gasteiger partial charge in [0.1, 0.15) is 5.75 Å². The lowest BCUT2D eigenvalue weighted by molar-refractivity contribution is -0.289. The summed E-state index contributed by atoms with van der Waals surface area (Å²) < 4.78 is 5.18. The first-order valence-electron chi connectivity index (χ1n) is 9.76. The van der Waals surface area contributed by atoms with Gasteiger partial charge in [-0.05, 0) is 30.7 Å². The van der Waals surface area contributed by atoms with Gasteiger partial charge in [-0.2, -0.15) is 0 Å². The van der Waals surface area contributed by atoms with Gasteiger partial charge in [0.25, 0.3) is 5.91 Å². The fourth-order valence-electron chi connectivity index (χ4n) is 2.99. The fourth-order valence-corrected chi connectivity index (χ4v) is 3.20. The summed E-state index contributed by atoms with van der Waals surface area (Å²) in [6, 6.07) is 2.76. The van der Waals surface area contributed by atoms with Gasteiger partial charge < -0.3 is 30.7 Å². The molecule has 7 nitrogen and oxygen atoms in total. The Balaban J connectivity index is 0.00000171. The Kier molecular flexibility index (Phi) is 11.4. The lowest BCUT2D eigenvalue weighted by Gasteiger charge is -2.22. The van der Waals surface area contributed by atoms with E-state index in [0.717, 1.165) is 12.8 Å². The van der Waals surface area contributed by atoms with Crippen molar-refractivity contribution in [2.45, 2.75) is 66.5 Å². The van der Waals surface area contributed by atoms with Crippen LogP contribution in [-0.2, 0) is 0 Å². The number of rotatable bonds is 5. The molecule has 0 aliphatic heterocycles. The van der Waals surface area contributed by atoms with E-state index in [1.165, 1.54) is 19.2 Å². The third-order valence-electron chi connectivity index (χ3n) is 4.62. The Hall–Kier alpha value is -1.54. The number of benzene rings is 1. The van der Waals surface area contributed by atoms with Crippen LogP contribution in [0.3, 0.4) is 0 Å². The molecule has 162 valence electrons. The zero-order valence-corrected chi connectivity index (χ0v) is 18.6. The number of nitrogens with one attached hydrogen (secondary N) is 2. The van der Waals surface area contributed by atoms with Crippen molar-refractivity contribution in [2.24, 2.45) is 11.8 Å². The van der Waals surface area contributed by atoms with Gasteiger partial charge in [-0.3, -0.25) is 4.79 Å². The number of hydrogen-bond donors (Lipinski definition) is 5. The van der Waals surface area contributed by atoms with E-state index in [1.807, 2.05) is 33.0 Å². The fraction of sp³-hybridized carbons (Fsp3) is 0.650. The van der Waals surface area contributed by atoms with Crippen molar-refractivity contribution in [3.05, 3.63) is 22.7 Å². The van der Waals surface area contributed by atoms with Gasteiger partial charge >= 0.3 is 6.10 Å². The van der Waals surface area contributed by atoms with E-state index in [1.54, 1.807) is 0 Å². The van der Waals surface area contributed by atoms with E-state index in [-0.39, 0.29) is 34.0 Å². The first kappa shape index (κ1) is 26.5. The van der Waals surface area contributed by atoms with Crippen molar-refractivity contribution in [3.8, 4) is 5.75 Å². The summed E-state index contributed by atoms with van der Waals surface area (Å²) in [5.41, 5.74) is 0.250.